The molecule has 0 aliphatic carbocycles. The van der Waals surface area contributed by atoms with Crippen molar-refractivity contribution < 1.29 is 23.7 Å². The molecule has 0 radical (unpaired) electrons. The molecule has 1 atom stereocenters. The number of benzene rings is 1. The Bertz CT molecular complexity index is 1010. The van der Waals surface area contributed by atoms with E-state index in [1.807, 2.05) is 18.0 Å². The van der Waals surface area contributed by atoms with E-state index in [2.05, 4.69) is 10.5 Å². The van der Waals surface area contributed by atoms with Gasteiger partial charge in [-0.05, 0) is 31.5 Å². The molecule has 1 fully saturated rings. The summed E-state index contributed by atoms with van der Waals surface area (Å²) in [5, 5.41) is 6.14. The van der Waals surface area contributed by atoms with Crippen LogP contribution in [0.4, 0.5) is 5.69 Å². The maximum absolute atomic E-state index is 12.9. The predicted molar refractivity (Wildman–Crippen MR) is 96.5 cm³/mol. The first-order valence-electron chi connectivity index (χ1n) is 8.84. The molecule has 0 saturated carbocycles. The highest BCUT2D eigenvalue weighted by molar-refractivity contribution is 6.23. The molecule has 3 heterocycles. The Morgan fingerprint density at radius 1 is 1.18 bits per heavy atom. The maximum Gasteiger partial charge on any atom is 0.262 e. The quantitative estimate of drug-likeness (QED) is 0.786. The van der Waals surface area contributed by atoms with Crippen LogP contribution in [0.5, 0.6) is 0 Å². The molecule has 1 saturated heterocycles. The highest BCUT2D eigenvalue weighted by Gasteiger charge is 2.44. The minimum Gasteiger partial charge on any atom is -0.369 e. The second-order valence-corrected chi connectivity index (χ2v) is 6.96. The highest BCUT2D eigenvalue weighted by Crippen LogP contribution is 2.30. The molecule has 144 valence electrons. The number of imide groups is 2. The second kappa shape index (κ2) is 6.59. The Morgan fingerprint density at radius 3 is 2.61 bits per heavy atom. The third-order valence-corrected chi connectivity index (χ3v) is 4.94. The van der Waals surface area contributed by atoms with Gasteiger partial charge in [0.1, 0.15) is 17.5 Å². The molecular formula is C19H18N4O5. The number of carbonyl (C=O) groups is 4. The SMILES string of the molecule is Cc1cc(CN(C)c2ccc3c(c2)C(=O)N(C2CCC(=O)NC2=O)C3=O)no1. The zero-order valence-electron chi connectivity index (χ0n) is 15.4. The van der Waals surface area contributed by atoms with Gasteiger partial charge >= 0.3 is 0 Å². The van der Waals surface area contributed by atoms with E-state index in [1.54, 1.807) is 25.1 Å². The number of anilines is 1. The number of carbonyl (C=O) groups excluding carboxylic acids is 4. The molecule has 4 rings (SSSR count). The number of amides is 4. The van der Waals surface area contributed by atoms with Gasteiger partial charge in [-0.1, -0.05) is 5.16 Å². The number of nitrogens with one attached hydrogen (secondary N) is 1. The lowest BCUT2D eigenvalue weighted by Gasteiger charge is -2.27. The molecule has 1 aromatic carbocycles. The fourth-order valence-electron chi connectivity index (χ4n) is 3.52. The van der Waals surface area contributed by atoms with E-state index in [9.17, 15) is 19.2 Å². The summed E-state index contributed by atoms with van der Waals surface area (Å²) in [6.45, 7) is 2.27. The number of fused-ring (bicyclic) bond motifs is 1. The van der Waals surface area contributed by atoms with Crippen LogP contribution in [-0.2, 0) is 16.1 Å². The highest BCUT2D eigenvalue weighted by atomic mass is 16.5. The summed E-state index contributed by atoms with van der Waals surface area (Å²) in [5.74, 6) is -1.36. The minimum atomic E-state index is -0.968. The van der Waals surface area contributed by atoms with Crippen molar-refractivity contribution in [1.29, 1.82) is 0 Å². The molecule has 0 spiro atoms. The topological polar surface area (TPSA) is 113 Å². The molecule has 0 bridgehead atoms. The van der Waals surface area contributed by atoms with Gasteiger partial charge in [-0.2, -0.15) is 0 Å². The van der Waals surface area contributed by atoms with Crippen LogP contribution in [0.1, 0.15) is 45.0 Å². The number of rotatable bonds is 4. The van der Waals surface area contributed by atoms with E-state index < -0.39 is 29.7 Å². The molecule has 1 N–H and O–H groups in total. The van der Waals surface area contributed by atoms with Crippen molar-refractivity contribution in [3.63, 3.8) is 0 Å². The number of piperidine rings is 1. The zero-order chi connectivity index (χ0) is 20.0. The van der Waals surface area contributed by atoms with Crippen molar-refractivity contribution in [2.45, 2.75) is 32.4 Å². The molecule has 9 nitrogen and oxygen atoms in total. The van der Waals surface area contributed by atoms with Crippen LogP contribution < -0.4 is 10.2 Å². The van der Waals surface area contributed by atoms with E-state index in [1.165, 1.54) is 0 Å². The molecule has 2 aliphatic rings. The molecule has 28 heavy (non-hydrogen) atoms. The number of nitrogens with zero attached hydrogens (tertiary/aromatic N) is 3. The van der Waals surface area contributed by atoms with E-state index in [0.29, 0.717) is 12.3 Å². The predicted octanol–water partition coefficient (Wildman–Crippen LogP) is 1.02. The largest absolute Gasteiger partial charge is 0.369 e. The molecule has 2 aliphatic heterocycles. The lowest BCUT2D eigenvalue weighted by Crippen LogP contribution is -2.54. The van der Waals surface area contributed by atoms with Crippen LogP contribution in [0, 0.1) is 6.92 Å². The Balaban J connectivity index is 1.58. The molecule has 2 aromatic rings. The van der Waals surface area contributed by atoms with Crippen molar-refractivity contribution in [2.75, 3.05) is 11.9 Å². The second-order valence-electron chi connectivity index (χ2n) is 6.96. The van der Waals surface area contributed by atoms with Gasteiger partial charge in [0.05, 0.1) is 17.7 Å². The number of aryl methyl sites for hydroxylation is 1. The normalized spacial score (nSPS) is 19.1. The van der Waals surface area contributed by atoms with Crippen LogP contribution in [-0.4, -0.2) is 46.8 Å². The first-order chi connectivity index (χ1) is 13.3. The van der Waals surface area contributed by atoms with E-state index in [4.69, 9.17) is 4.52 Å². The summed E-state index contributed by atoms with van der Waals surface area (Å²) >= 11 is 0. The summed E-state index contributed by atoms with van der Waals surface area (Å²) in [7, 11) is 1.84. The van der Waals surface area contributed by atoms with Gasteiger partial charge in [-0.3, -0.25) is 29.4 Å². The van der Waals surface area contributed by atoms with Crippen LogP contribution >= 0.6 is 0 Å². The number of hydrogen-bond donors (Lipinski definition) is 1. The van der Waals surface area contributed by atoms with E-state index >= 15 is 0 Å². The molecule has 4 amide bonds. The van der Waals surface area contributed by atoms with E-state index in [-0.39, 0.29) is 24.0 Å². The summed E-state index contributed by atoms with van der Waals surface area (Å²) in [5.41, 5.74) is 1.97. The van der Waals surface area contributed by atoms with Crippen LogP contribution in [0.15, 0.2) is 28.8 Å². The molecular weight excluding hydrogens is 364 g/mol. The average Bonchev–Trinajstić information content (AvgIpc) is 3.17. The first kappa shape index (κ1) is 17.9. The Labute approximate surface area is 160 Å². The third-order valence-electron chi connectivity index (χ3n) is 4.94. The van der Waals surface area contributed by atoms with Gasteiger partial charge in [-0.25, -0.2) is 0 Å². The number of hydrogen-bond acceptors (Lipinski definition) is 7. The fraction of sp³-hybridized carbons (Fsp3) is 0.316. The van der Waals surface area contributed by atoms with Gasteiger partial charge in [0.2, 0.25) is 11.8 Å². The van der Waals surface area contributed by atoms with Gasteiger partial charge in [0, 0.05) is 25.2 Å². The van der Waals surface area contributed by atoms with Crippen LogP contribution in [0.3, 0.4) is 0 Å². The molecule has 1 unspecified atom stereocenters. The minimum absolute atomic E-state index is 0.0922. The maximum atomic E-state index is 12.9. The Hall–Kier alpha value is -3.49. The zero-order valence-corrected chi connectivity index (χ0v) is 15.4. The Morgan fingerprint density at radius 2 is 1.93 bits per heavy atom. The third kappa shape index (κ3) is 2.94. The Kier molecular flexibility index (Phi) is 4.21. The monoisotopic (exact) mass is 382 g/mol. The van der Waals surface area contributed by atoms with Crippen LogP contribution in [0.2, 0.25) is 0 Å². The molecule has 1 aromatic heterocycles. The van der Waals surface area contributed by atoms with Crippen molar-refractivity contribution >= 4 is 29.3 Å². The van der Waals surface area contributed by atoms with Gasteiger partial charge in [0.15, 0.2) is 0 Å². The van der Waals surface area contributed by atoms with Gasteiger partial charge in [-0.15, -0.1) is 0 Å². The summed E-state index contributed by atoms with van der Waals surface area (Å²) in [6.07, 6.45) is 0.226. The fourth-order valence-corrected chi connectivity index (χ4v) is 3.52. The molecule has 9 heteroatoms. The van der Waals surface area contributed by atoms with Crippen molar-refractivity contribution in [2.24, 2.45) is 0 Å². The van der Waals surface area contributed by atoms with Crippen molar-refractivity contribution in [3.8, 4) is 0 Å². The smallest absolute Gasteiger partial charge is 0.262 e. The van der Waals surface area contributed by atoms with Gasteiger partial charge in [0.25, 0.3) is 11.8 Å². The lowest BCUT2D eigenvalue weighted by atomic mass is 10.0. The van der Waals surface area contributed by atoms with E-state index in [0.717, 1.165) is 16.3 Å². The summed E-state index contributed by atoms with van der Waals surface area (Å²) in [6, 6.07) is 5.81. The van der Waals surface area contributed by atoms with Crippen molar-refractivity contribution in [1.82, 2.24) is 15.4 Å². The average molecular weight is 382 g/mol. The standard InChI is InChI=1S/C19H18N4O5/c1-10-7-11(21-28-10)9-22(2)12-3-4-13-14(8-12)19(27)23(18(13)26)15-5-6-16(24)20-17(15)25/h3-4,7-8,15H,5-6,9H2,1-2H3,(H,20,24,25). The van der Waals surface area contributed by atoms with Crippen LogP contribution in [0.25, 0.3) is 0 Å². The summed E-state index contributed by atoms with van der Waals surface area (Å²) < 4.78 is 5.06. The number of aromatic nitrogens is 1. The van der Waals surface area contributed by atoms with Crippen molar-refractivity contribution in [3.05, 3.63) is 46.8 Å². The first-order valence-corrected chi connectivity index (χ1v) is 8.84. The lowest BCUT2D eigenvalue weighted by molar-refractivity contribution is -0.136. The summed E-state index contributed by atoms with van der Waals surface area (Å²) in [4.78, 5) is 51.9. The van der Waals surface area contributed by atoms with Gasteiger partial charge < -0.3 is 9.42 Å².